The maximum atomic E-state index is 5.86. The molecule has 0 fully saturated rings. The Kier molecular flexibility index (Phi) is 2.49. The minimum atomic E-state index is 0.615. The standard InChI is InChI=1S/C11H12N4/c12-10-3-1-2-9(11(10)13)4-8-5-14-7-15-6-8/h1-3,5-7H,4,12-13H2. The second kappa shape index (κ2) is 3.96. The van der Waals surface area contributed by atoms with Gasteiger partial charge in [-0.05, 0) is 17.2 Å². The maximum Gasteiger partial charge on any atom is 0.115 e. The number of aromatic nitrogens is 2. The molecule has 0 saturated heterocycles. The van der Waals surface area contributed by atoms with E-state index < -0.39 is 0 Å². The summed E-state index contributed by atoms with van der Waals surface area (Å²) in [5, 5.41) is 0. The summed E-state index contributed by atoms with van der Waals surface area (Å²) in [5.41, 5.74) is 14.9. The molecule has 2 rings (SSSR count). The molecule has 0 amide bonds. The highest BCUT2D eigenvalue weighted by Crippen LogP contribution is 2.21. The van der Waals surface area contributed by atoms with E-state index >= 15 is 0 Å². The van der Waals surface area contributed by atoms with Crippen molar-refractivity contribution < 1.29 is 0 Å². The molecule has 76 valence electrons. The molecule has 0 aliphatic heterocycles. The Balaban J connectivity index is 2.29. The molecule has 0 unspecified atom stereocenters. The fourth-order valence-electron chi connectivity index (χ4n) is 1.43. The van der Waals surface area contributed by atoms with Crippen LogP contribution in [0.25, 0.3) is 0 Å². The lowest BCUT2D eigenvalue weighted by Gasteiger charge is -2.07. The van der Waals surface area contributed by atoms with Crippen molar-refractivity contribution >= 4 is 11.4 Å². The first-order valence-electron chi connectivity index (χ1n) is 4.64. The van der Waals surface area contributed by atoms with E-state index in [0.717, 1.165) is 11.1 Å². The molecule has 0 aliphatic rings. The highest BCUT2D eigenvalue weighted by atomic mass is 14.8. The van der Waals surface area contributed by atoms with Gasteiger partial charge in [0.25, 0.3) is 0 Å². The quantitative estimate of drug-likeness (QED) is 0.715. The van der Waals surface area contributed by atoms with Gasteiger partial charge in [0.1, 0.15) is 6.33 Å². The average Bonchev–Trinajstić information content (AvgIpc) is 2.26. The van der Waals surface area contributed by atoms with Gasteiger partial charge in [0.05, 0.1) is 11.4 Å². The first-order chi connectivity index (χ1) is 7.27. The molecule has 4 nitrogen and oxygen atoms in total. The second-order valence-corrected chi connectivity index (χ2v) is 3.34. The summed E-state index contributed by atoms with van der Waals surface area (Å²) in [6, 6.07) is 5.64. The molecule has 0 saturated carbocycles. The van der Waals surface area contributed by atoms with Crippen LogP contribution in [-0.4, -0.2) is 9.97 Å². The van der Waals surface area contributed by atoms with Crippen LogP contribution in [0.3, 0.4) is 0 Å². The monoisotopic (exact) mass is 200 g/mol. The van der Waals surface area contributed by atoms with E-state index in [1.165, 1.54) is 6.33 Å². The van der Waals surface area contributed by atoms with E-state index in [2.05, 4.69) is 9.97 Å². The zero-order valence-electron chi connectivity index (χ0n) is 8.22. The predicted molar refractivity (Wildman–Crippen MR) is 60.1 cm³/mol. The van der Waals surface area contributed by atoms with Crippen molar-refractivity contribution in [3.63, 3.8) is 0 Å². The Morgan fingerprint density at radius 3 is 2.53 bits per heavy atom. The van der Waals surface area contributed by atoms with E-state index in [0.29, 0.717) is 17.8 Å². The summed E-state index contributed by atoms with van der Waals surface area (Å²) in [6.45, 7) is 0. The summed E-state index contributed by atoms with van der Waals surface area (Å²) in [5.74, 6) is 0. The topological polar surface area (TPSA) is 77.8 Å². The van der Waals surface area contributed by atoms with Gasteiger partial charge < -0.3 is 11.5 Å². The summed E-state index contributed by atoms with van der Waals surface area (Å²) in [4.78, 5) is 7.90. The zero-order chi connectivity index (χ0) is 10.7. The highest BCUT2D eigenvalue weighted by Gasteiger charge is 2.03. The Morgan fingerprint density at radius 2 is 1.80 bits per heavy atom. The van der Waals surface area contributed by atoms with Gasteiger partial charge in [0, 0.05) is 18.8 Å². The van der Waals surface area contributed by atoms with Crippen molar-refractivity contribution in [3.05, 3.63) is 48.0 Å². The first kappa shape index (κ1) is 9.45. The SMILES string of the molecule is Nc1cccc(Cc2cncnc2)c1N. The van der Waals surface area contributed by atoms with Crippen LogP contribution in [0.15, 0.2) is 36.9 Å². The number of para-hydroxylation sites is 1. The summed E-state index contributed by atoms with van der Waals surface area (Å²) < 4.78 is 0. The van der Waals surface area contributed by atoms with E-state index in [1.54, 1.807) is 18.5 Å². The number of anilines is 2. The number of hydrogen-bond acceptors (Lipinski definition) is 4. The minimum Gasteiger partial charge on any atom is -0.397 e. The molecule has 4 N–H and O–H groups in total. The lowest BCUT2D eigenvalue weighted by Crippen LogP contribution is -2.00. The smallest absolute Gasteiger partial charge is 0.115 e. The minimum absolute atomic E-state index is 0.615. The molecule has 15 heavy (non-hydrogen) atoms. The Bertz CT molecular complexity index is 453. The summed E-state index contributed by atoms with van der Waals surface area (Å²) in [7, 11) is 0. The number of nitrogen functional groups attached to an aromatic ring is 2. The van der Waals surface area contributed by atoms with Crippen molar-refractivity contribution in [1.82, 2.24) is 9.97 Å². The number of nitrogens with two attached hydrogens (primary N) is 2. The predicted octanol–water partition coefficient (Wildman–Crippen LogP) is 1.23. The van der Waals surface area contributed by atoms with Crippen LogP contribution in [0.2, 0.25) is 0 Å². The molecule has 0 bridgehead atoms. The van der Waals surface area contributed by atoms with Gasteiger partial charge in [0.15, 0.2) is 0 Å². The molecule has 1 aromatic heterocycles. The number of nitrogens with zero attached hydrogens (tertiary/aromatic N) is 2. The lowest BCUT2D eigenvalue weighted by atomic mass is 10.1. The molecule has 1 heterocycles. The van der Waals surface area contributed by atoms with E-state index in [1.807, 2.05) is 12.1 Å². The van der Waals surface area contributed by atoms with Crippen LogP contribution >= 0.6 is 0 Å². The number of benzene rings is 1. The average molecular weight is 200 g/mol. The largest absolute Gasteiger partial charge is 0.397 e. The Morgan fingerprint density at radius 1 is 1.07 bits per heavy atom. The number of hydrogen-bond donors (Lipinski definition) is 2. The van der Waals surface area contributed by atoms with Crippen LogP contribution in [0.4, 0.5) is 11.4 Å². The first-order valence-corrected chi connectivity index (χ1v) is 4.64. The third-order valence-electron chi connectivity index (χ3n) is 2.24. The summed E-state index contributed by atoms with van der Waals surface area (Å²) >= 11 is 0. The lowest BCUT2D eigenvalue weighted by molar-refractivity contribution is 1.07. The zero-order valence-corrected chi connectivity index (χ0v) is 8.22. The van der Waals surface area contributed by atoms with Gasteiger partial charge in [-0.1, -0.05) is 12.1 Å². The highest BCUT2D eigenvalue weighted by molar-refractivity contribution is 5.67. The maximum absolute atomic E-state index is 5.86. The van der Waals surface area contributed by atoms with Crippen molar-refractivity contribution in [2.24, 2.45) is 0 Å². The van der Waals surface area contributed by atoms with E-state index in [-0.39, 0.29) is 0 Å². The van der Waals surface area contributed by atoms with Gasteiger partial charge in [-0.15, -0.1) is 0 Å². The third-order valence-corrected chi connectivity index (χ3v) is 2.24. The van der Waals surface area contributed by atoms with Crippen LogP contribution in [0.5, 0.6) is 0 Å². The second-order valence-electron chi connectivity index (χ2n) is 3.34. The molecule has 2 aromatic rings. The molecule has 0 aliphatic carbocycles. The molecule has 1 aromatic carbocycles. The third kappa shape index (κ3) is 2.04. The van der Waals surface area contributed by atoms with Crippen LogP contribution in [0, 0.1) is 0 Å². The molecule has 0 spiro atoms. The van der Waals surface area contributed by atoms with E-state index in [4.69, 9.17) is 11.5 Å². The molecule has 0 radical (unpaired) electrons. The van der Waals surface area contributed by atoms with Crippen molar-refractivity contribution in [1.29, 1.82) is 0 Å². The van der Waals surface area contributed by atoms with Gasteiger partial charge in [-0.3, -0.25) is 0 Å². The molecule has 4 heteroatoms. The van der Waals surface area contributed by atoms with Crippen LogP contribution in [-0.2, 0) is 6.42 Å². The van der Waals surface area contributed by atoms with E-state index in [9.17, 15) is 0 Å². The molecular formula is C11H12N4. The van der Waals surface area contributed by atoms with Gasteiger partial charge in [-0.25, -0.2) is 9.97 Å². The van der Waals surface area contributed by atoms with Gasteiger partial charge in [0.2, 0.25) is 0 Å². The fourth-order valence-corrected chi connectivity index (χ4v) is 1.43. The van der Waals surface area contributed by atoms with Crippen molar-refractivity contribution in [3.8, 4) is 0 Å². The van der Waals surface area contributed by atoms with Crippen molar-refractivity contribution in [2.45, 2.75) is 6.42 Å². The Labute approximate surface area is 88.0 Å². The van der Waals surface area contributed by atoms with Crippen LogP contribution < -0.4 is 11.5 Å². The molecular weight excluding hydrogens is 188 g/mol. The normalized spacial score (nSPS) is 10.1. The van der Waals surface area contributed by atoms with Crippen LogP contribution in [0.1, 0.15) is 11.1 Å². The van der Waals surface area contributed by atoms with Gasteiger partial charge in [-0.2, -0.15) is 0 Å². The molecule has 0 atom stereocenters. The Hall–Kier alpha value is -2.10. The fraction of sp³-hybridized carbons (Fsp3) is 0.0909. The van der Waals surface area contributed by atoms with Gasteiger partial charge >= 0.3 is 0 Å². The van der Waals surface area contributed by atoms with Crippen molar-refractivity contribution in [2.75, 3.05) is 11.5 Å². The number of rotatable bonds is 2. The summed E-state index contributed by atoms with van der Waals surface area (Å²) in [6.07, 6.45) is 5.76.